The number of nitrogens with one attached hydrogen (secondary N) is 1. The molecule has 2 rings (SSSR count). The van der Waals surface area contributed by atoms with E-state index in [1.165, 1.54) is 0 Å². The standard InChI is InChI=1S/C16H24N2O/c1-2-7-15(14-8-4-3-5-9-14)16(19)18-12-6-10-17-11-13-18/h3-5,8-9,15,17H,2,6-7,10-13H2,1H3. The summed E-state index contributed by atoms with van der Waals surface area (Å²) in [6.07, 6.45) is 3.03. The number of amides is 1. The second-order valence-electron chi connectivity index (χ2n) is 5.18. The summed E-state index contributed by atoms with van der Waals surface area (Å²) < 4.78 is 0. The molecule has 1 amide bonds. The summed E-state index contributed by atoms with van der Waals surface area (Å²) in [7, 11) is 0. The zero-order valence-electron chi connectivity index (χ0n) is 11.8. The van der Waals surface area contributed by atoms with Gasteiger partial charge < -0.3 is 10.2 Å². The Kier molecular flexibility index (Phi) is 5.40. The average Bonchev–Trinajstić information content (AvgIpc) is 2.74. The smallest absolute Gasteiger partial charge is 0.230 e. The summed E-state index contributed by atoms with van der Waals surface area (Å²) in [5, 5.41) is 3.35. The molecule has 1 heterocycles. The molecule has 1 aromatic carbocycles. The van der Waals surface area contributed by atoms with Crippen LogP contribution in [0.1, 0.15) is 37.7 Å². The molecular weight excluding hydrogens is 236 g/mol. The highest BCUT2D eigenvalue weighted by molar-refractivity contribution is 5.83. The van der Waals surface area contributed by atoms with Crippen LogP contribution < -0.4 is 5.32 Å². The van der Waals surface area contributed by atoms with E-state index in [9.17, 15) is 4.79 Å². The Balaban J connectivity index is 2.11. The molecule has 1 aliphatic rings. The summed E-state index contributed by atoms with van der Waals surface area (Å²) in [5.74, 6) is 0.334. The maximum Gasteiger partial charge on any atom is 0.230 e. The quantitative estimate of drug-likeness (QED) is 0.901. The van der Waals surface area contributed by atoms with Crippen molar-refractivity contribution in [2.75, 3.05) is 26.2 Å². The maximum absolute atomic E-state index is 12.7. The third-order valence-electron chi connectivity index (χ3n) is 3.73. The average molecular weight is 260 g/mol. The molecule has 1 fully saturated rings. The first-order chi connectivity index (χ1) is 9.33. The van der Waals surface area contributed by atoms with Crippen LogP contribution in [0.4, 0.5) is 0 Å². The van der Waals surface area contributed by atoms with Gasteiger partial charge in [-0.05, 0) is 24.9 Å². The Morgan fingerprint density at radius 3 is 2.79 bits per heavy atom. The van der Waals surface area contributed by atoms with Gasteiger partial charge in [-0.3, -0.25) is 4.79 Å². The molecule has 0 aliphatic carbocycles. The fraction of sp³-hybridized carbons (Fsp3) is 0.562. The van der Waals surface area contributed by atoms with Crippen LogP contribution in [0.15, 0.2) is 30.3 Å². The van der Waals surface area contributed by atoms with Crippen LogP contribution >= 0.6 is 0 Å². The van der Waals surface area contributed by atoms with Gasteiger partial charge in [-0.25, -0.2) is 0 Å². The predicted octanol–water partition coefficient (Wildman–Crippen LogP) is 2.39. The first-order valence-electron chi connectivity index (χ1n) is 7.37. The van der Waals surface area contributed by atoms with Gasteiger partial charge in [-0.1, -0.05) is 43.7 Å². The molecule has 1 N–H and O–H groups in total. The van der Waals surface area contributed by atoms with Crippen LogP contribution in [0, 0.1) is 0 Å². The molecule has 19 heavy (non-hydrogen) atoms. The number of hydrogen-bond donors (Lipinski definition) is 1. The largest absolute Gasteiger partial charge is 0.341 e. The maximum atomic E-state index is 12.7. The van der Waals surface area contributed by atoms with Gasteiger partial charge in [-0.2, -0.15) is 0 Å². The van der Waals surface area contributed by atoms with Crippen LogP contribution in [0.3, 0.4) is 0 Å². The van der Waals surface area contributed by atoms with Crippen LogP contribution in [-0.4, -0.2) is 37.0 Å². The van der Waals surface area contributed by atoms with E-state index in [2.05, 4.69) is 24.4 Å². The Bertz CT molecular complexity index is 383. The second-order valence-corrected chi connectivity index (χ2v) is 5.18. The lowest BCUT2D eigenvalue weighted by molar-refractivity contribution is -0.132. The monoisotopic (exact) mass is 260 g/mol. The van der Waals surface area contributed by atoms with E-state index in [-0.39, 0.29) is 5.92 Å². The molecule has 1 aromatic rings. The van der Waals surface area contributed by atoms with Crippen molar-refractivity contribution in [1.82, 2.24) is 10.2 Å². The van der Waals surface area contributed by atoms with Gasteiger partial charge in [0.05, 0.1) is 5.92 Å². The number of carbonyl (C=O) groups excluding carboxylic acids is 1. The van der Waals surface area contributed by atoms with E-state index in [0.29, 0.717) is 5.91 Å². The normalized spacial score (nSPS) is 17.8. The van der Waals surface area contributed by atoms with E-state index in [4.69, 9.17) is 0 Å². The third kappa shape index (κ3) is 3.80. The highest BCUT2D eigenvalue weighted by atomic mass is 16.2. The van der Waals surface area contributed by atoms with E-state index in [1.807, 2.05) is 23.1 Å². The fourth-order valence-corrected chi connectivity index (χ4v) is 2.69. The molecule has 0 radical (unpaired) electrons. The van der Waals surface area contributed by atoms with Gasteiger partial charge in [-0.15, -0.1) is 0 Å². The zero-order valence-corrected chi connectivity index (χ0v) is 11.8. The lowest BCUT2D eigenvalue weighted by Gasteiger charge is -2.26. The highest BCUT2D eigenvalue weighted by Crippen LogP contribution is 2.24. The van der Waals surface area contributed by atoms with Gasteiger partial charge in [0.1, 0.15) is 0 Å². The predicted molar refractivity (Wildman–Crippen MR) is 78.2 cm³/mol. The molecule has 3 heteroatoms. The summed E-state index contributed by atoms with van der Waals surface area (Å²) >= 11 is 0. The Hall–Kier alpha value is -1.35. The lowest BCUT2D eigenvalue weighted by Crippen LogP contribution is -2.37. The molecule has 3 nitrogen and oxygen atoms in total. The molecule has 1 saturated heterocycles. The molecule has 104 valence electrons. The minimum Gasteiger partial charge on any atom is -0.341 e. The molecule has 0 aromatic heterocycles. The number of nitrogens with zero attached hydrogens (tertiary/aromatic N) is 1. The van der Waals surface area contributed by atoms with Crippen molar-refractivity contribution in [2.24, 2.45) is 0 Å². The highest BCUT2D eigenvalue weighted by Gasteiger charge is 2.25. The van der Waals surface area contributed by atoms with Crippen LogP contribution in [0.2, 0.25) is 0 Å². The van der Waals surface area contributed by atoms with E-state index in [0.717, 1.165) is 51.0 Å². The van der Waals surface area contributed by atoms with Crippen LogP contribution in [0.25, 0.3) is 0 Å². The first-order valence-corrected chi connectivity index (χ1v) is 7.37. The van der Waals surface area contributed by atoms with Crippen LogP contribution in [-0.2, 0) is 4.79 Å². The molecular formula is C16H24N2O. The van der Waals surface area contributed by atoms with Gasteiger partial charge >= 0.3 is 0 Å². The zero-order chi connectivity index (χ0) is 13.5. The topological polar surface area (TPSA) is 32.3 Å². The summed E-state index contributed by atoms with van der Waals surface area (Å²) in [6.45, 7) is 5.81. The fourth-order valence-electron chi connectivity index (χ4n) is 2.69. The Morgan fingerprint density at radius 1 is 1.26 bits per heavy atom. The first kappa shape index (κ1) is 14.1. The summed E-state index contributed by atoms with van der Waals surface area (Å²) in [4.78, 5) is 14.8. The van der Waals surface area contributed by atoms with Gasteiger partial charge in [0.15, 0.2) is 0 Å². The van der Waals surface area contributed by atoms with Crippen molar-refractivity contribution in [1.29, 1.82) is 0 Å². The minimum absolute atomic E-state index is 0.0318. The van der Waals surface area contributed by atoms with Crippen molar-refractivity contribution in [3.8, 4) is 0 Å². The minimum atomic E-state index is 0.0318. The number of hydrogen-bond acceptors (Lipinski definition) is 2. The van der Waals surface area contributed by atoms with Crippen LogP contribution in [0.5, 0.6) is 0 Å². The molecule has 0 spiro atoms. The number of benzene rings is 1. The van der Waals surface area contributed by atoms with Crippen molar-refractivity contribution in [3.63, 3.8) is 0 Å². The molecule has 1 aliphatic heterocycles. The third-order valence-corrected chi connectivity index (χ3v) is 3.73. The van der Waals surface area contributed by atoms with Gasteiger partial charge in [0, 0.05) is 19.6 Å². The summed E-state index contributed by atoms with van der Waals surface area (Å²) in [6, 6.07) is 10.2. The van der Waals surface area contributed by atoms with Crippen molar-refractivity contribution in [3.05, 3.63) is 35.9 Å². The lowest BCUT2D eigenvalue weighted by atomic mass is 9.93. The number of carbonyl (C=O) groups is 1. The SMILES string of the molecule is CCCC(C(=O)N1CCCNCC1)c1ccccc1. The van der Waals surface area contributed by atoms with Crippen molar-refractivity contribution in [2.45, 2.75) is 32.1 Å². The van der Waals surface area contributed by atoms with Gasteiger partial charge in [0.25, 0.3) is 0 Å². The van der Waals surface area contributed by atoms with E-state index in [1.54, 1.807) is 0 Å². The van der Waals surface area contributed by atoms with Crippen molar-refractivity contribution >= 4 is 5.91 Å². The van der Waals surface area contributed by atoms with E-state index < -0.39 is 0 Å². The molecule has 0 bridgehead atoms. The molecule has 1 atom stereocenters. The number of rotatable bonds is 4. The Morgan fingerprint density at radius 2 is 2.05 bits per heavy atom. The second kappa shape index (κ2) is 7.29. The van der Waals surface area contributed by atoms with Crippen molar-refractivity contribution < 1.29 is 4.79 Å². The Labute approximate surface area is 116 Å². The molecule has 1 unspecified atom stereocenters. The van der Waals surface area contributed by atoms with Gasteiger partial charge in [0.2, 0.25) is 5.91 Å². The summed E-state index contributed by atoms with van der Waals surface area (Å²) in [5.41, 5.74) is 1.16. The van der Waals surface area contributed by atoms with E-state index >= 15 is 0 Å². The molecule has 0 saturated carbocycles.